The number of benzene rings is 2. The number of nitrogens with zero attached hydrogens (tertiary/aromatic N) is 1. The van der Waals surface area contributed by atoms with E-state index in [1.165, 1.54) is 0 Å². The summed E-state index contributed by atoms with van der Waals surface area (Å²) in [7, 11) is 0. The van der Waals surface area contributed by atoms with Crippen molar-refractivity contribution in [2.24, 2.45) is 5.41 Å². The van der Waals surface area contributed by atoms with Crippen molar-refractivity contribution in [2.75, 3.05) is 11.9 Å². The molecule has 2 aromatic carbocycles. The van der Waals surface area contributed by atoms with Gasteiger partial charge in [0.1, 0.15) is 5.41 Å². The summed E-state index contributed by atoms with van der Waals surface area (Å²) in [6.07, 6.45) is 1.86. The van der Waals surface area contributed by atoms with Gasteiger partial charge in [-0.15, -0.1) is 0 Å². The fraction of sp³-hybridized carbons (Fsp3) is 0.250. The van der Waals surface area contributed by atoms with Crippen LogP contribution in [0.2, 0.25) is 0 Å². The van der Waals surface area contributed by atoms with Crippen LogP contribution >= 0.6 is 0 Å². The second kappa shape index (κ2) is 7.18. The van der Waals surface area contributed by atoms with Crippen LogP contribution in [-0.2, 0) is 16.0 Å². The van der Waals surface area contributed by atoms with Gasteiger partial charge >= 0.3 is 0 Å². The zero-order valence-corrected chi connectivity index (χ0v) is 13.8. The molecule has 0 bridgehead atoms. The highest BCUT2D eigenvalue weighted by molar-refractivity contribution is 6.13. The standard InChI is InChI=1S/C20H19N3O2/c21-14-16-6-8-17(9-7-16)23-19(25)20(11-12-20)18(24)22-13-10-15-4-2-1-3-5-15/h1-9H,10-13H2,(H,22,24)(H,23,25). The van der Waals surface area contributed by atoms with Crippen LogP contribution in [0.15, 0.2) is 54.6 Å². The molecule has 1 aliphatic carbocycles. The predicted octanol–water partition coefficient (Wildman–Crippen LogP) is 2.64. The highest BCUT2D eigenvalue weighted by Crippen LogP contribution is 2.46. The Morgan fingerprint density at radius 3 is 2.28 bits per heavy atom. The summed E-state index contributed by atoms with van der Waals surface area (Å²) < 4.78 is 0. The van der Waals surface area contributed by atoms with Crippen molar-refractivity contribution in [1.82, 2.24) is 5.32 Å². The SMILES string of the molecule is N#Cc1ccc(NC(=O)C2(C(=O)NCCc3ccccc3)CC2)cc1. The number of anilines is 1. The Hall–Kier alpha value is -3.13. The van der Waals surface area contributed by atoms with E-state index in [1.54, 1.807) is 24.3 Å². The first kappa shape index (κ1) is 16.7. The van der Waals surface area contributed by atoms with Crippen LogP contribution in [0.5, 0.6) is 0 Å². The minimum absolute atomic E-state index is 0.213. The number of amides is 2. The van der Waals surface area contributed by atoms with Crippen molar-refractivity contribution >= 4 is 17.5 Å². The van der Waals surface area contributed by atoms with Gasteiger partial charge in [-0.25, -0.2) is 0 Å². The fourth-order valence-corrected chi connectivity index (χ4v) is 2.70. The Morgan fingerprint density at radius 2 is 1.68 bits per heavy atom. The lowest BCUT2D eigenvalue weighted by atomic mass is 10.0. The van der Waals surface area contributed by atoms with Gasteiger partial charge in [0.2, 0.25) is 11.8 Å². The summed E-state index contributed by atoms with van der Waals surface area (Å²) in [4.78, 5) is 24.9. The Morgan fingerprint density at radius 1 is 1.00 bits per heavy atom. The number of carbonyl (C=O) groups is 2. The lowest BCUT2D eigenvalue weighted by molar-refractivity contribution is -0.134. The molecule has 3 rings (SSSR count). The molecule has 0 unspecified atom stereocenters. The van der Waals surface area contributed by atoms with Crippen LogP contribution in [0.1, 0.15) is 24.0 Å². The molecule has 0 saturated heterocycles. The van der Waals surface area contributed by atoms with Gasteiger partial charge in [0, 0.05) is 12.2 Å². The Bertz CT molecular complexity index is 803. The number of hydrogen-bond acceptors (Lipinski definition) is 3. The Kier molecular flexibility index (Phi) is 4.80. The smallest absolute Gasteiger partial charge is 0.240 e. The molecule has 2 aromatic rings. The van der Waals surface area contributed by atoms with Gasteiger partial charge in [-0.05, 0) is 49.1 Å². The molecule has 5 heteroatoms. The third-order valence-electron chi connectivity index (χ3n) is 4.43. The highest BCUT2D eigenvalue weighted by Gasteiger charge is 2.56. The van der Waals surface area contributed by atoms with Crippen LogP contribution in [0.4, 0.5) is 5.69 Å². The van der Waals surface area contributed by atoms with Crippen molar-refractivity contribution in [1.29, 1.82) is 5.26 Å². The zero-order chi connectivity index (χ0) is 17.7. The van der Waals surface area contributed by atoms with Gasteiger partial charge in [-0.1, -0.05) is 30.3 Å². The van der Waals surface area contributed by atoms with Gasteiger partial charge in [0.15, 0.2) is 0 Å². The minimum atomic E-state index is -0.954. The van der Waals surface area contributed by atoms with Crippen LogP contribution in [-0.4, -0.2) is 18.4 Å². The third-order valence-corrected chi connectivity index (χ3v) is 4.43. The van der Waals surface area contributed by atoms with Crippen molar-refractivity contribution in [3.63, 3.8) is 0 Å². The highest BCUT2D eigenvalue weighted by atomic mass is 16.2. The zero-order valence-electron chi connectivity index (χ0n) is 13.8. The quantitative estimate of drug-likeness (QED) is 0.797. The Balaban J connectivity index is 1.54. The molecule has 25 heavy (non-hydrogen) atoms. The summed E-state index contributed by atoms with van der Waals surface area (Å²) in [5.41, 5.74) is 1.31. The van der Waals surface area contributed by atoms with Gasteiger partial charge < -0.3 is 10.6 Å². The molecule has 0 radical (unpaired) electrons. The van der Waals surface area contributed by atoms with E-state index in [-0.39, 0.29) is 11.8 Å². The predicted molar refractivity (Wildman–Crippen MR) is 94.6 cm³/mol. The van der Waals surface area contributed by atoms with Crippen LogP contribution in [0, 0.1) is 16.7 Å². The molecule has 2 amide bonds. The lowest BCUT2D eigenvalue weighted by Crippen LogP contribution is -2.40. The monoisotopic (exact) mass is 333 g/mol. The van der Waals surface area contributed by atoms with Crippen molar-refractivity contribution in [3.05, 3.63) is 65.7 Å². The van der Waals surface area contributed by atoms with Crippen LogP contribution < -0.4 is 10.6 Å². The normalized spacial score (nSPS) is 14.2. The second-order valence-corrected chi connectivity index (χ2v) is 6.22. The Labute approximate surface area is 146 Å². The molecule has 0 spiro atoms. The molecule has 0 heterocycles. The first-order valence-corrected chi connectivity index (χ1v) is 8.28. The van der Waals surface area contributed by atoms with Gasteiger partial charge in [0.25, 0.3) is 0 Å². The molecular formula is C20H19N3O2. The number of nitriles is 1. The van der Waals surface area contributed by atoms with Crippen molar-refractivity contribution in [3.8, 4) is 6.07 Å². The maximum atomic E-state index is 12.5. The van der Waals surface area contributed by atoms with Gasteiger partial charge in [-0.2, -0.15) is 5.26 Å². The average Bonchev–Trinajstić information content (AvgIpc) is 3.45. The van der Waals surface area contributed by atoms with E-state index in [9.17, 15) is 9.59 Å². The van der Waals surface area contributed by atoms with E-state index in [2.05, 4.69) is 10.6 Å². The molecule has 0 aliphatic heterocycles. The summed E-state index contributed by atoms with van der Waals surface area (Å²) >= 11 is 0. The van der Waals surface area contributed by atoms with Gasteiger partial charge in [-0.3, -0.25) is 9.59 Å². The molecule has 0 atom stereocenters. The number of carbonyl (C=O) groups excluding carboxylic acids is 2. The first-order chi connectivity index (χ1) is 12.1. The summed E-state index contributed by atoms with van der Waals surface area (Å²) in [5, 5.41) is 14.4. The molecule has 2 N–H and O–H groups in total. The van der Waals surface area contributed by atoms with E-state index in [0.717, 1.165) is 12.0 Å². The van der Waals surface area contributed by atoms with E-state index in [1.807, 2.05) is 36.4 Å². The van der Waals surface area contributed by atoms with Crippen molar-refractivity contribution in [2.45, 2.75) is 19.3 Å². The fourth-order valence-electron chi connectivity index (χ4n) is 2.70. The second-order valence-electron chi connectivity index (χ2n) is 6.22. The molecule has 0 aromatic heterocycles. The number of rotatable bonds is 6. The number of hydrogen-bond donors (Lipinski definition) is 2. The lowest BCUT2D eigenvalue weighted by Gasteiger charge is -2.15. The van der Waals surface area contributed by atoms with E-state index in [0.29, 0.717) is 30.6 Å². The van der Waals surface area contributed by atoms with E-state index >= 15 is 0 Å². The molecule has 1 saturated carbocycles. The maximum absolute atomic E-state index is 12.5. The molecule has 1 aliphatic rings. The van der Waals surface area contributed by atoms with Gasteiger partial charge in [0.05, 0.1) is 11.6 Å². The minimum Gasteiger partial charge on any atom is -0.355 e. The molecule has 126 valence electrons. The largest absolute Gasteiger partial charge is 0.355 e. The first-order valence-electron chi connectivity index (χ1n) is 8.28. The summed E-state index contributed by atoms with van der Waals surface area (Å²) in [6.45, 7) is 0.509. The molecule has 1 fully saturated rings. The summed E-state index contributed by atoms with van der Waals surface area (Å²) in [5.74, 6) is -0.496. The van der Waals surface area contributed by atoms with E-state index < -0.39 is 5.41 Å². The topological polar surface area (TPSA) is 82.0 Å². The maximum Gasteiger partial charge on any atom is 0.240 e. The molecule has 5 nitrogen and oxygen atoms in total. The van der Waals surface area contributed by atoms with Crippen LogP contribution in [0.25, 0.3) is 0 Å². The van der Waals surface area contributed by atoms with E-state index in [4.69, 9.17) is 5.26 Å². The summed E-state index contributed by atoms with van der Waals surface area (Å²) in [6, 6.07) is 18.5. The number of nitrogens with one attached hydrogen (secondary N) is 2. The van der Waals surface area contributed by atoms with Crippen molar-refractivity contribution < 1.29 is 9.59 Å². The average molecular weight is 333 g/mol. The molecular weight excluding hydrogens is 314 g/mol. The third kappa shape index (κ3) is 3.86. The van der Waals surface area contributed by atoms with Crippen LogP contribution in [0.3, 0.4) is 0 Å².